The van der Waals surface area contributed by atoms with Crippen LogP contribution < -0.4 is 5.32 Å². The van der Waals surface area contributed by atoms with Gasteiger partial charge in [-0.1, -0.05) is 0 Å². The normalized spacial score (nSPS) is 36.6. The maximum Gasteiger partial charge on any atom is 0.00508 e. The van der Waals surface area contributed by atoms with Crippen LogP contribution in [0.5, 0.6) is 0 Å². The molecule has 1 atom stereocenters. The molecule has 30 valence electrons. The highest BCUT2D eigenvalue weighted by atomic mass is 15.0. The van der Waals surface area contributed by atoms with E-state index in [1.54, 1.807) is 0 Å². The van der Waals surface area contributed by atoms with E-state index in [4.69, 9.17) is 0 Å². The summed E-state index contributed by atoms with van der Waals surface area (Å²) in [6.07, 6.45) is 1.38. The van der Waals surface area contributed by atoms with Gasteiger partial charge in [0.1, 0.15) is 0 Å². The lowest BCUT2D eigenvalue weighted by Gasteiger charge is -2.22. The summed E-state index contributed by atoms with van der Waals surface area (Å²) in [7, 11) is 0. The molecule has 0 radical (unpaired) electrons. The Labute approximate surface area is 32.4 Å². The van der Waals surface area contributed by atoms with E-state index in [0.717, 1.165) is 6.04 Å². The second-order valence-electron chi connectivity index (χ2n) is 1.64. The third-order valence-corrected chi connectivity index (χ3v) is 1.07. The molecule has 0 aromatic carbocycles. The largest absolute Gasteiger partial charge is 0.314 e. The quantitative estimate of drug-likeness (QED) is 0.435. The summed E-state index contributed by atoms with van der Waals surface area (Å²) >= 11 is 0. The van der Waals surface area contributed by atoms with Crippen LogP contribution in [0.2, 0.25) is 0 Å². The van der Waals surface area contributed by atoms with Crippen molar-refractivity contribution in [3.8, 4) is 0 Å². The van der Waals surface area contributed by atoms with Gasteiger partial charge in [0.05, 0.1) is 0 Å². The van der Waals surface area contributed by atoms with Crippen LogP contribution in [0.15, 0.2) is 0 Å². The second kappa shape index (κ2) is 0.977. The molecule has 1 aliphatic rings. The van der Waals surface area contributed by atoms with Crippen LogP contribution in [0.1, 0.15) is 13.3 Å². The Morgan fingerprint density at radius 1 is 1.80 bits per heavy atom. The highest BCUT2D eigenvalue weighted by Gasteiger charge is 2.07. The Hall–Kier alpha value is -0.0400. The van der Waals surface area contributed by atoms with Crippen molar-refractivity contribution in [1.29, 1.82) is 0 Å². The molecule has 0 aromatic heterocycles. The predicted molar refractivity (Wildman–Crippen MR) is 22.1 cm³/mol. The Balaban J connectivity index is 2.08. The van der Waals surface area contributed by atoms with Crippen molar-refractivity contribution in [2.75, 3.05) is 6.54 Å². The molecule has 1 aliphatic heterocycles. The molecule has 0 amide bonds. The summed E-state index contributed by atoms with van der Waals surface area (Å²) < 4.78 is 0. The third-order valence-electron chi connectivity index (χ3n) is 1.07. The van der Waals surface area contributed by atoms with Crippen molar-refractivity contribution in [3.63, 3.8) is 0 Å². The van der Waals surface area contributed by atoms with Gasteiger partial charge in [0, 0.05) is 6.04 Å². The Kier molecular flexibility index (Phi) is 0.618. The molecule has 1 heteroatoms. The smallest absolute Gasteiger partial charge is 0.00508 e. The van der Waals surface area contributed by atoms with E-state index >= 15 is 0 Å². The van der Waals surface area contributed by atoms with Gasteiger partial charge in [0.2, 0.25) is 0 Å². The van der Waals surface area contributed by atoms with Gasteiger partial charge in [0.15, 0.2) is 0 Å². The number of nitrogens with one attached hydrogen (secondary N) is 1. The van der Waals surface area contributed by atoms with Crippen LogP contribution in [0.4, 0.5) is 0 Å². The van der Waals surface area contributed by atoms with Crippen LogP contribution in [0.3, 0.4) is 0 Å². The Morgan fingerprint density at radius 2 is 2.20 bits per heavy atom. The van der Waals surface area contributed by atoms with Crippen molar-refractivity contribution in [1.82, 2.24) is 5.32 Å². The summed E-state index contributed by atoms with van der Waals surface area (Å²) in [6, 6.07) is 0.815. The zero-order valence-electron chi connectivity index (χ0n) is 3.49. The molecule has 0 aromatic rings. The lowest BCUT2D eigenvalue weighted by atomic mass is 10.1. The van der Waals surface area contributed by atoms with Crippen molar-refractivity contribution in [2.45, 2.75) is 19.4 Å². The molecule has 0 aliphatic carbocycles. The van der Waals surface area contributed by atoms with Crippen molar-refractivity contribution in [2.24, 2.45) is 0 Å². The maximum absolute atomic E-state index is 3.21. The van der Waals surface area contributed by atoms with Gasteiger partial charge in [-0.25, -0.2) is 0 Å². The molecule has 1 saturated heterocycles. The second-order valence-corrected chi connectivity index (χ2v) is 1.64. The van der Waals surface area contributed by atoms with Gasteiger partial charge >= 0.3 is 0 Å². The zero-order chi connectivity index (χ0) is 3.70. The summed E-state index contributed by atoms with van der Waals surface area (Å²) in [4.78, 5) is 0. The van der Waals surface area contributed by atoms with Crippen molar-refractivity contribution < 1.29 is 0 Å². The number of hydrogen-bond donors (Lipinski definition) is 1. The maximum atomic E-state index is 3.21. The number of rotatable bonds is 0. The first-order valence-corrected chi connectivity index (χ1v) is 2.13. The van der Waals surface area contributed by atoms with E-state index in [1.807, 2.05) is 0 Å². The summed E-state index contributed by atoms with van der Waals surface area (Å²) in [5.41, 5.74) is 0. The van der Waals surface area contributed by atoms with Crippen LogP contribution in [0, 0.1) is 0 Å². The van der Waals surface area contributed by atoms with Gasteiger partial charge in [-0.05, 0) is 19.9 Å². The predicted octanol–water partition coefficient (Wildman–Crippen LogP) is 0.368. The highest BCUT2D eigenvalue weighted by Crippen LogP contribution is 1.96. The van der Waals surface area contributed by atoms with E-state index in [1.165, 1.54) is 13.0 Å². The fourth-order valence-electron chi connectivity index (χ4n) is 0.433. The molecule has 1 nitrogen and oxygen atoms in total. The molecule has 1 heterocycles. The summed E-state index contributed by atoms with van der Waals surface area (Å²) in [5.74, 6) is 0. The lowest BCUT2D eigenvalue weighted by Crippen LogP contribution is -2.39. The molecule has 1 rings (SSSR count). The fourth-order valence-corrected chi connectivity index (χ4v) is 0.433. The number of hydrogen-bond acceptors (Lipinski definition) is 1. The van der Waals surface area contributed by atoms with E-state index in [9.17, 15) is 0 Å². The van der Waals surface area contributed by atoms with Gasteiger partial charge < -0.3 is 5.32 Å². The Bertz CT molecular complexity index is 30.6. The van der Waals surface area contributed by atoms with E-state index in [0.29, 0.717) is 0 Å². The molecule has 0 spiro atoms. The first kappa shape index (κ1) is 3.16. The summed E-state index contributed by atoms with van der Waals surface area (Å²) in [6.45, 7) is 3.44. The zero-order valence-corrected chi connectivity index (χ0v) is 3.49. The Morgan fingerprint density at radius 3 is 2.20 bits per heavy atom. The fraction of sp³-hybridized carbons (Fsp3) is 1.00. The molecule has 5 heavy (non-hydrogen) atoms. The third kappa shape index (κ3) is 0.428. The minimum absolute atomic E-state index is 0.815. The molecule has 0 bridgehead atoms. The highest BCUT2D eigenvalue weighted by molar-refractivity contribution is 4.70. The van der Waals surface area contributed by atoms with Crippen LogP contribution in [-0.4, -0.2) is 12.6 Å². The monoisotopic (exact) mass is 71.1 g/mol. The lowest BCUT2D eigenvalue weighted by molar-refractivity contribution is 0.399. The van der Waals surface area contributed by atoms with E-state index in [2.05, 4.69) is 12.2 Å². The first-order valence-electron chi connectivity index (χ1n) is 2.13. The molecular formula is C4H9N. The minimum Gasteiger partial charge on any atom is -0.314 e. The minimum atomic E-state index is 0.815. The molecule has 0 saturated carbocycles. The average molecular weight is 71.1 g/mol. The molecule has 1 fully saturated rings. The van der Waals surface area contributed by atoms with Gasteiger partial charge in [0.25, 0.3) is 0 Å². The topological polar surface area (TPSA) is 12.0 Å². The average Bonchev–Trinajstić information content (AvgIpc) is 1.30. The van der Waals surface area contributed by atoms with Crippen LogP contribution in [0.25, 0.3) is 0 Å². The SMILES string of the molecule is C[C@H]1CCN1. The van der Waals surface area contributed by atoms with Crippen LogP contribution in [-0.2, 0) is 0 Å². The van der Waals surface area contributed by atoms with E-state index < -0.39 is 0 Å². The van der Waals surface area contributed by atoms with E-state index in [-0.39, 0.29) is 0 Å². The molecular weight excluding hydrogens is 62.1 g/mol. The van der Waals surface area contributed by atoms with Crippen molar-refractivity contribution >= 4 is 0 Å². The van der Waals surface area contributed by atoms with Gasteiger partial charge in [-0.3, -0.25) is 0 Å². The summed E-state index contributed by atoms with van der Waals surface area (Å²) in [5, 5.41) is 3.21. The van der Waals surface area contributed by atoms with Crippen LogP contribution >= 0.6 is 0 Å². The first-order chi connectivity index (χ1) is 2.39. The van der Waals surface area contributed by atoms with Gasteiger partial charge in [-0.2, -0.15) is 0 Å². The standard InChI is InChI=1S/C4H9N/c1-4-2-3-5-4/h4-5H,2-3H2,1H3/t4-/m0/s1. The van der Waals surface area contributed by atoms with Crippen molar-refractivity contribution in [3.05, 3.63) is 0 Å². The molecule has 1 N–H and O–H groups in total. The molecule has 0 unspecified atom stereocenters. The van der Waals surface area contributed by atoms with Gasteiger partial charge in [-0.15, -0.1) is 0 Å².